The lowest BCUT2D eigenvalue weighted by atomic mass is 9.83. The van der Waals surface area contributed by atoms with E-state index in [4.69, 9.17) is 35.3 Å². The van der Waals surface area contributed by atoms with Crippen LogP contribution in [0.3, 0.4) is 0 Å². The summed E-state index contributed by atoms with van der Waals surface area (Å²) in [6.07, 6.45) is 2.41. The number of benzene rings is 1. The summed E-state index contributed by atoms with van der Waals surface area (Å²) < 4.78 is 29.1. The van der Waals surface area contributed by atoms with Crippen LogP contribution in [-0.2, 0) is 44.5 Å². The Morgan fingerprint density at radius 1 is 1.26 bits per heavy atom. The largest absolute Gasteiger partial charge is 0.495 e. The number of epoxide rings is 1. The van der Waals surface area contributed by atoms with Gasteiger partial charge in [0.2, 0.25) is 17.7 Å². The molecule has 2 saturated heterocycles. The lowest BCUT2D eigenvalue weighted by Crippen LogP contribution is -2.63. The number of alkyl carbamates (subject to hydrolysis) is 1. The van der Waals surface area contributed by atoms with Crippen LogP contribution in [0.1, 0.15) is 46.1 Å². The number of fused-ring (bicyclic) bond motifs is 5. The Kier molecular flexibility index (Phi) is 14.1. The van der Waals surface area contributed by atoms with Gasteiger partial charge in [0.05, 0.1) is 37.6 Å². The number of thioether (sulfide) groups is 1. The van der Waals surface area contributed by atoms with Crippen molar-refractivity contribution in [3.8, 4) is 5.75 Å². The highest BCUT2D eigenvalue weighted by atomic mass is 35.5. The van der Waals surface area contributed by atoms with Crippen molar-refractivity contribution in [2.75, 3.05) is 51.8 Å². The smallest absolute Gasteiger partial charge is 0.409 e. The molecule has 4 bridgehead atoms. The molecule has 54 heavy (non-hydrogen) atoms. The molecule has 0 aromatic heterocycles. The van der Waals surface area contributed by atoms with Gasteiger partial charge in [-0.1, -0.05) is 42.3 Å². The number of likely N-dealkylation sites (N-methyl/N-ethyl adjacent to an activating group) is 1. The maximum absolute atomic E-state index is 14.1. The van der Waals surface area contributed by atoms with E-state index in [-0.39, 0.29) is 36.1 Å². The number of halogens is 1. The molecule has 2 fully saturated rings. The highest BCUT2D eigenvalue weighted by Crippen LogP contribution is 2.49. The van der Waals surface area contributed by atoms with Gasteiger partial charge in [0.1, 0.15) is 40.7 Å². The summed E-state index contributed by atoms with van der Waals surface area (Å²) in [5.41, 5.74) is -1.05. The van der Waals surface area contributed by atoms with E-state index in [0.29, 0.717) is 17.9 Å². The molecule has 1 aromatic rings. The summed E-state index contributed by atoms with van der Waals surface area (Å²) in [7, 11) is 5.85. The number of aliphatic hydroxyl groups is 1. The second-order valence-corrected chi connectivity index (χ2v) is 15.4. The number of nitrogens with one attached hydrogen (secondary N) is 2. The van der Waals surface area contributed by atoms with E-state index < -0.39 is 71.6 Å². The van der Waals surface area contributed by atoms with Gasteiger partial charge in [0, 0.05) is 33.5 Å². The molecule has 4 rings (SSSR count). The zero-order valence-corrected chi connectivity index (χ0v) is 33.7. The summed E-state index contributed by atoms with van der Waals surface area (Å²) in [5.74, 6) is -2.17. The molecular formula is C37H51ClN4O11S. The minimum atomic E-state index is -1.85. The predicted octanol–water partition coefficient (Wildman–Crippen LogP) is 2.99. The maximum Gasteiger partial charge on any atom is 0.409 e. The number of ether oxygens (including phenoxy) is 5. The molecule has 4 amide bonds. The molecular weight excluding hydrogens is 744 g/mol. The Hall–Kier alpha value is -3.83. The van der Waals surface area contributed by atoms with Crippen LogP contribution in [0.15, 0.2) is 35.9 Å². The van der Waals surface area contributed by atoms with Gasteiger partial charge < -0.3 is 43.9 Å². The van der Waals surface area contributed by atoms with Crippen molar-refractivity contribution < 1.29 is 52.8 Å². The molecule has 17 heteroatoms. The number of hydrogen-bond acceptors (Lipinski definition) is 12. The first-order chi connectivity index (χ1) is 25.4. The number of esters is 1. The minimum Gasteiger partial charge on any atom is -0.495 e. The number of amides is 4. The quantitative estimate of drug-likeness (QED) is 0.246. The molecule has 3 heterocycles. The fourth-order valence-corrected chi connectivity index (χ4v) is 7.38. The summed E-state index contributed by atoms with van der Waals surface area (Å²) >= 11 is 8.05. The third-order valence-electron chi connectivity index (χ3n) is 10.2. The number of carbonyl (C=O) groups excluding carboxylic acids is 5. The normalized spacial score (nSPS) is 30.7. The summed E-state index contributed by atoms with van der Waals surface area (Å²) in [6, 6.07) is 2.44. The average Bonchev–Trinajstić information content (AvgIpc) is 3.82. The predicted molar refractivity (Wildman–Crippen MR) is 202 cm³/mol. The van der Waals surface area contributed by atoms with Crippen molar-refractivity contribution in [2.45, 2.75) is 88.7 Å². The SMILES string of the molecule is COc1cc2cc(c1Cl)N(C)C(=O)C[C@H](OC(=O)[C@H](C)N(C)C(=O)CNC(=O)CSC)C1(C)O[C@H]1[C@H](C)C1C[C@@](O)(NC(=O)O1)[C@H](OC)/C=C/C=C(\C)C2. The number of anilines is 1. The van der Waals surface area contributed by atoms with E-state index in [2.05, 4.69) is 10.6 Å². The van der Waals surface area contributed by atoms with E-state index in [0.717, 1.165) is 16.0 Å². The Morgan fingerprint density at radius 2 is 1.96 bits per heavy atom. The van der Waals surface area contributed by atoms with Crippen LogP contribution >= 0.6 is 23.4 Å². The molecule has 8 atom stereocenters. The van der Waals surface area contributed by atoms with Gasteiger partial charge in [-0.25, -0.2) is 9.59 Å². The maximum atomic E-state index is 14.1. The molecule has 2 unspecified atom stereocenters. The first-order valence-electron chi connectivity index (χ1n) is 17.5. The number of allylic oxidation sites excluding steroid dienone is 3. The van der Waals surface area contributed by atoms with Gasteiger partial charge in [0.25, 0.3) is 0 Å². The molecule has 0 saturated carbocycles. The van der Waals surface area contributed by atoms with Crippen LogP contribution in [0.25, 0.3) is 0 Å². The van der Waals surface area contributed by atoms with Crippen molar-refractivity contribution in [3.05, 3.63) is 46.5 Å². The number of methoxy groups -OCH3 is 2. The summed E-state index contributed by atoms with van der Waals surface area (Å²) in [6.45, 7) is 6.52. The van der Waals surface area contributed by atoms with Crippen molar-refractivity contribution in [2.24, 2.45) is 5.92 Å². The Labute approximate surface area is 325 Å². The van der Waals surface area contributed by atoms with Crippen LogP contribution in [0.5, 0.6) is 5.75 Å². The van der Waals surface area contributed by atoms with Crippen LogP contribution < -0.4 is 20.3 Å². The van der Waals surface area contributed by atoms with E-state index in [1.807, 2.05) is 13.0 Å². The Bertz CT molecular complexity index is 1680. The number of carbonyl (C=O) groups is 5. The van der Waals surface area contributed by atoms with Crippen LogP contribution in [-0.4, -0.2) is 128 Å². The standard InChI is InChI=1S/C37H51ClN4O11S/c1-20-11-10-12-27(50-8)37(48)17-26(51-35(47)40-37)21(2)33-36(4,53-33)28(52-34(46)22(3)41(5)31(45)18-39-29(43)19-54-9)16-30(44)42(6)24-14-23(13-20)15-25(49-7)32(24)38/h10-12,14-15,21-22,26-28,33,48H,13,16-19H2,1-9H3,(H,39,43)(H,40,47)/b12-10+,20-11+/t21-,22+,26?,27-,28+,33+,36?,37+/m1/s1. The van der Waals surface area contributed by atoms with Gasteiger partial charge in [0.15, 0.2) is 5.72 Å². The molecule has 0 aliphatic carbocycles. The van der Waals surface area contributed by atoms with Gasteiger partial charge in [-0.15, -0.1) is 0 Å². The average molecular weight is 795 g/mol. The van der Waals surface area contributed by atoms with E-state index in [1.54, 1.807) is 51.4 Å². The van der Waals surface area contributed by atoms with E-state index in [1.165, 1.54) is 44.9 Å². The zero-order chi connectivity index (χ0) is 40.1. The topological polar surface area (TPSA) is 186 Å². The first-order valence-corrected chi connectivity index (χ1v) is 19.3. The number of hydrogen-bond donors (Lipinski definition) is 3. The van der Waals surface area contributed by atoms with Crippen molar-refractivity contribution in [1.82, 2.24) is 15.5 Å². The van der Waals surface area contributed by atoms with E-state index >= 15 is 0 Å². The second kappa shape index (κ2) is 17.8. The van der Waals surface area contributed by atoms with Crippen molar-refractivity contribution in [1.29, 1.82) is 0 Å². The number of rotatable bonds is 9. The molecule has 3 N–H and O–H groups in total. The highest BCUT2D eigenvalue weighted by molar-refractivity contribution is 7.99. The second-order valence-electron chi connectivity index (χ2n) is 14.1. The third kappa shape index (κ3) is 9.69. The fourth-order valence-electron chi connectivity index (χ4n) is 6.70. The third-order valence-corrected chi connectivity index (χ3v) is 11.2. The molecule has 0 spiro atoms. The summed E-state index contributed by atoms with van der Waals surface area (Å²) in [5, 5.41) is 16.9. The minimum absolute atomic E-state index is 0.0743. The van der Waals surface area contributed by atoms with Crippen molar-refractivity contribution >= 4 is 58.8 Å². The van der Waals surface area contributed by atoms with Gasteiger partial charge in [-0.2, -0.15) is 11.8 Å². The summed E-state index contributed by atoms with van der Waals surface area (Å²) in [4.78, 5) is 68.0. The molecule has 1 aromatic carbocycles. The molecule has 298 valence electrons. The van der Waals surface area contributed by atoms with Gasteiger partial charge in [-0.05, 0) is 51.1 Å². The Morgan fingerprint density at radius 3 is 2.61 bits per heavy atom. The molecule has 3 aliphatic rings. The van der Waals surface area contributed by atoms with Gasteiger partial charge >= 0.3 is 12.1 Å². The monoisotopic (exact) mass is 794 g/mol. The molecule has 0 radical (unpaired) electrons. The first kappa shape index (κ1) is 42.9. The zero-order valence-electron chi connectivity index (χ0n) is 32.1. The Balaban J connectivity index is 1.72. The molecule has 15 nitrogen and oxygen atoms in total. The van der Waals surface area contributed by atoms with Crippen LogP contribution in [0, 0.1) is 5.92 Å². The lowest BCUT2D eigenvalue weighted by molar-refractivity contribution is -0.161. The number of nitrogens with zero attached hydrogens (tertiary/aromatic N) is 2. The lowest BCUT2D eigenvalue weighted by Gasteiger charge is -2.42. The van der Waals surface area contributed by atoms with Crippen LogP contribution in [0.4, 0.5) is 10.5 Å². The van der Waals surface area contributed by atoms with E-state index in [9.17, 15) is 29.1 Å². The van der Waals surface area contributed by atoms with Crippen LogP contribution in [0.2, 0.25) is 5.02 Å². The highest BCUT2D eigenvalue weighted by Gasteiger charge is 2.64. The molecule has 3 aliphatic heterocycles. The fraction of sp³-hybridized carbons (Fsp3) is 0.595. The van der Waals surface area contributed by atoms with Crippen molar-refractivity contribution in [3.63, 3.8) is 0 Å². The van der Waals surface area contributed by atoms with Gasteiger partial charge in [-0.3, -0.25) is 19.7 Å².